The second-order valence-electron chi connectivity index (χ2n) is 5.96. The number of amides is 1. The average Bonchev–Trinajstić information content (AvgIpc) is 2.57. The molecule has 6 heteroatoms. The normalized spacial score (nSPS) is 17.1. The minimum absolute atomic E-state index is 0. The summed E-state index contributed by atoms with van der Waals surface area (Å²) in [5, 5.41) is 3.35. The minimum atomic E-state index is 0. The molecule has 1 fully saturated rings. The Morgan fingerprint density at radius 2 is 1.88 bits per heavy atom. The fourth-order valence-corrected chi connectivity index (χ4v) is 2.60. The van der Waals surface area contributed by atoms with Crippen molar-refractivity contribution in [3.8, 4) is 11.5 Å². The topological polar surface area (TPSA) is 50.8 Å². The lowest BCUT2D eigenvalue weighted by Crippen LogP contribution is -2.51. The first-order valence-corrected chi connectivity index (χ1v) is 8.58. The number of halogens is 1. The van der Waals surface area contributed by atoms with Crippen LogP contribution in [0.1, 0.15) is 44.0 Å². The molecule has 1 unspecified atom stereocenters. The quantitative estimate of drug-likeness (QED) is 0.815. The van der Waals surface area contributed by atoms with Gasteiger partial charge >= 0.3 is 0 Å². The van der Waals surface area contributed by atoms with Gasteiger partial charge in [0, 0.05) is 31.2 Å². The molecule has 0 bridgehead atoms. The fraction of sp³-hybridized carbons (Fsp3) is 0.611. The molecule has 1 aromatic carbocycles. The summed E-state index contributed by atoms with van der Waals surface area (Å²) < 4.78 is 11.5. The summed E-state index contributed by atoms with van der Waals surface area (Å²) >= 11 is 0. The summed E-state index contributed by atoms with van der Waals surface area (Å²) in [6, 6.07) is 5.82. The monoisotopic (exact) mass is 356 g/mol. The zero-order valence-electron chi connectivity index (χ0n) is 14.8. The Bertz CT molecular complexity index is 525. The van der Waals surface area contributed by atoms with E-state index in [1.807, 2.05) is 23.1 Å². The van der Waals surface area contributed by atoms with Gasteiger partial charge in [0.15, 0.2) is 11.5 Å². The first kappa shape index (κ1) is 20.6. The van der Waals surface area contributed by atoms with Gasteiger partial charge in [0.1, 0.15) is 0 Å². The van der Waals surface area contributed by atoms with Crippen LogP contribution < -0.4 is 14.8 Å². The third-order valence-electron chi connectivity index (χ3n) is 3.77. The molecule has 0 aromatic heterocycles. The van der Waals surface area contributed by atoms with E-state index in [-0.39, 0.29) is 18.3 Å². The van der Waals surface area contributed by atoms with Gasteiger partial charge in [-0.15, -0.1) is 12.4 Å². The Labute approximate surface area is 151 Å². The van der Waals surface area contributed by atoms with Crippen LogP contribution in [0.25, 0.3) is 0 Å². The number of nitrogens with zero attached hydrogens (tertiary/aromatic N) is 1. The van der Waals surface area contributed by atoms with Gasteiger partial charge in [-0.2, -0.15) is 0 Å². The summed E-state index contributed by atoms with van der Waals surface area (Å²) in [6.07, 6.45) is 1.85. The molecule has 1 heterocycles. The van der Waals surface area contributed by atoms with E-state index in [0.717, 1.165) is 32.5 Å². The second kappa shape index (κ2) is 10.4. The van der Waals surface area contributed by atoms with Crippen molar-refractivity contribution >= 4 is 18.3 Å². The summed E-state index contributed by atoms with van der Waals surface area (Å²) in [4.78, 5) is 14.6. The van der Waals surface area contributed by atoms with E-state index in [1.165, 1.54) is 0 Å². The molecule has 0 radical (unpaired) electrons. The average molecular weight is 357 g/mol. The van der Waals surface area contributed by atoms with Crippen molar-refractivity contribution in [2.24, 2.45) is 0 Å². The molecule has 24 heavy (non-hydrogen) atoms. The van der Waals surface area contributed by atoms with Crippen molar-refractivity contribution in [3.05, 3.63) is 23.8 Å². The van der Waals surface area contributed by atoms with E-state index in [4.69, 9.17) is 9.47 Å². The van der Waals surface area contributed by atoms with Crippen molar-refractivity contribution < 1.29 is 14.3 Å². The third kappa shape index (κ3) is 5.56. The Kier molecular flexibility index (Phi) is 8.93. The standard InChI is InChI=1S/C18H28N2O3.ClH/c1-4-10-22-16-7-6-15(12-17(16)23-11-5-2)18(21)20-9-8-19-14(3)13-20;/h6-7,12,14,19H,4-5,8-11,13H2,1-3H3;1H. The van der Waals surface area contributed by atoms with Gasteiger partial charge < -0.3 is 19.7 Å². The van der Waals surface area contributed by atoms with Gasteiger partial charge in [0.2, 0.25) is 0 Å². The van der Waals surface area contributed by atoms with Crippen molar-refractivity contribution in [2.75, 3.05) is 32.8 Å². The zero-order valence-corrected chi connectivity index (χ0v) is 15.7. The van der Waals surface area contributed by atoms with E-state index in [2.05, 4.69) is 26.1 Å². The predicted molar refractivity (Wildman–Crippen MR) is 98.6 cm³/mol. The van der Waals surface area contributed by atoms with Crippen LogP contribution in [0.4, 0.5) is 0 Å². The summed E-state index contributed by atoms with van der Waals surface area (Å²) in [5.74, 6) is 1.43. The molecule has 1 aliphatic heterocycles. The lowest BCUT2D eigenvalue weighted by Gasteiger charge is -2.32. The molecule has 1 amide bonds. The highest BCUT2D eigenvalue weighted by molar-refractivity contribution is 5.95. The lowest BCUT2D eigenvalue weighted by molar-refractivity contribution is 0.0708. The third-order valence-corrected chi connectivity index (χ3v) is 3.77. The largest absolute Gasteiger partial charge is 0.490 e. The number of hydrogen-bond donors (Lipinski definition) is 1. The van der Waals surface area contributed by atoms with Gasteiger partial charge in [-0.1, -0.05) is 13.8 Å². The molecule has 1 aromatic rings. The summed E-state index contributed by atoms with van der Waals surface area (Å²) in [7, 11) is 0. The summed E-state index contributed by atoms with van der Waals surface area (Å²) in [6.45, 7) is 9.79. The molecule has 136 valence electrons. The Hall–Kier alpha value is -1.46. The van der Waals surface area contributed by atoms with Crippen LogP contribution in [0, 0.1) is 0 Å². The second-order valence-corrected chi connectivity index (χ2v) is 5.96. The van der Waals surface area contributed by atoms with Crippen LogP contribution >= 0.6 is 12.4 Å². The molecule has 5 nitrogen and oxygen atoms in total. The number of nitrogens with one attached hydrogen (secondary N) is 1. The van der Waals surface area contributed by atoms with Crippen molar-refractivity contribution in [2.45, 2.75) is 39.7 Å². The van der Waals surface area contributed by atoms with Gasteiger partial charge in [-0.25, -0.2) is 0 Å². The van der Waals surface area contributed by atoms with E-state index in [9.17, 15) is 4.79 Å². The van der Waals surface area contributed by atoms with E-state index in [0.29, 0.717) is 36.3 Å². The Morgan fingerprint density at radius 1 is 1.21 bits per heavy atom. The van der Waals surface area contributed by atoms with Crippen LogP contribution in [-0.2, 0) is 0 Å². The van der Waals surface area contributed by atoms with Crippen molar-refractivity contribution in [3.63, 3.8) is 0 Å². The maximum Gasteiger partial charge on any atom is 0.254 e. The number of ether oxygens (including phenoxy) is 2. The van der Waals surface area contributed by atoms with E-state index in [1.54, 1.807) is 0 Å². The van der Waals surface area contributed by atoms with Crippen molar-refractivity contribution in [1.82, 2.24) is 10.2 Å². The lowest BCUT2D eigenvalue weighted by atomic mass is 10.1. The van der Waals surface area contributed by atoms with Gasteiger partial charge in [0.05, 0.1) is 13.2 Å². The Balaban J connectivity index is 0.00000288. The van der Waals surface area contributed by atoms with Crippen LogP contribution in [0.2, 0.25) is 0 Å². The minimum Gasteiger partial charge on any atom is -0.490 e. The smallest absolute Gasteiger partial charge is 0.254 e. The molecule has 1 saturated heterocycles. The van der Waals surface area contributed by atoms with E-state index < -0.39 is 0 Å². The molecule has 2 rings (SSSR count). The number of piperazine rings is 1. The highest BCUT2D eigenvalue weighted by atomic mass is 35.5. The van der Waals surface area contributed by atoms with Crippen molar-refractivity contribution in [1.29, 1.82) is 0 Å². The number of benzene rings is 1. The molecular weight excluding hydrogens is 328 g/mol. The summed E-state index contributed by atoms with van der Waals surface area (Å²) in [5.41, 5.74) is 0.661. The van der Waals surface area contributed by atoms with Crippen LogP contribution in [0.15, 0.2) is 18.2 Å². The maximum absolute atomic E-state index is 12.7. The molecule has 0 aliphatic carbocycles. The SMILES string of the molecule is CCCOc1ccc(C(=O)N2CCNC(C)C2)cc1OCCC.Cl. The first-order valence-electron chi connectivity index (χ1n) is 8.58. The fourth-order valence-electron chi connectivity index (χ4n) is 2.60. The molecule has 0 spiro atoms. The molecule has 1 aliphatic rings. The maximum atomic E-state index is 12.7. The number of carbonyl (C=O) groups is 1. The number of hydrogen-bond acceptors (Lipinski definition) is 4. The highest BCUT2D eigenvalue weighted by Gasteiger charge is 2.22. The van der Waals surface area contributed by atoms with E-state index >= 15 is 0 Å². The highest BCUT2D eigenvalue weighted by Crippen LogP contribution is 2.29. The van der Waals surface area contributed by atoms with Crippen LogP contribution in [0.5, 0.6) is 11.5 Å². The molecular formula is C18H29ClN2O3. The first-order chi connectivity index (χ1) is 11.2. The molecule has 0 saturated carbocycles. The molecule has 1 N–H and O–H groups in total. The Morgan fingerprint density at radius 3 is 2.50 bits per heavy atom. The zero-order chi connectivity index (χ0) is 16.7. The number of rotatable bonds is 7. The number of carbonyl (C=O) groups excluding carboxylic acids is 1. The predicted octanol–water partition coefficient (Wildman–Crippen LogP) is 3.12. The van der Waals surface area contributed by atoms with Crippen LogP contribution in [-0.4, -0.2) is 49.7 Å². The van der Waals surface area contributed by atoms with Gasteiger partial charge in [-0.3, -0.25) is 4.79 Å². The van der Waals surface area contributed by atoms with Gasteiger partial charge in [0.25, 0.3) is 5.91 Å². The van der Waals surface area contributed by atoms with Crippen LogP contribution in [0.3, 0.4) is 0 Å². The molecule has 1 atom stereocenters. The van der Waals surface area contributed by atoms with Gasteiger partial charge in [-0.05, 0) is 38.0 Å².